The van der Waals surface area contributed by atoms with Crippen LogP contribution in [0.1, 0.15) is 100 Å². The fourth-order valence-corrected chi connectivity index (χ4v) is 7.75. The molecule has 4 N–H and O–H groups in total. The van der Waals surface area contributed by atoms with Gasteiger partial charge in [0.2, 0.25) is 5.79 Å². The van der Waals surface area contributed by atoms with E-state index in [4.69, 9.17) is 23.8 Å². The number of carbonyl (C=O) groups excluding carboxylic acids is 3. The first kappa shape index (κ1) is 45.7. The zero-order valence-electron chi connectivity index (χ0n) is 31.7. The second-order valence-electron chi connectivity index (χ2n) is 14.8. The van der Waals surface area contributed by atoms with Crippen molar-refractivity contribution in [3.05, 3.63) is 11.6 Å². The van der Waals surface area contributed by atoms with Gasteiger partial charge >= 0.3 is 5.97 Å². The zero-order valence-corrected chi connectivity index (χ0v) is 31.7. The number of fused-ring (bicyclic) bond motifs is 3. The molecule has 2 bridgehead atoms. The summed E-state index contributed by atoms with van der Waals surface area (Å²) in [4.78, 5) is 48.3. The van der Waals surface area contributed by atoms with Gasteiger partial charge < -0.3 is 49.1 Å². The standard InChI is InChI=1S/C37H62N2O12.CH4/c1-9-26-17-21(2)16-22(3)18-30(47-7)33-31(48-8)19-23(4)37(46,51-33)34(43)35(44)39-13-11-10-12-27(39)36(45)50-32(25(6)38-49-15-14-40)24(5)28(41)20-29(26)42;/h17,22-24,26-33,40-42,46H,9-16,18-20H2,1-8H3;1H4/b21-17+,38-25+;/t22-,23+,24+,26+,27-,28-,29+,30-,31-,32-,33+,37+;/m0./s1. The summed E-state index contributed by atoms with van der Waals surface area (Å²) >= 11 is 0. The smallest absolute Gasteiger partial charge is 0.329 e. The fourth-order valence-electron chi connectivity index (χ4n) is 7.75. The van der Waals surface area contributed by atoms with Crippen LogP contribution in [0.15, 0.2) is 16.8 Å². The van der Waals surface area contributed by atoms with E-state index in [2.05, 4.69) is 12.1 Å². The van der Waals surface area contributed by atoms with Gasteiger partial charge in [0.15, 0.2) is 0 Å². The Kier molecular flexibility index (Phi) is 18.3. The molecular weight excluding hydrogens is 676 g/mol. The normalized spacial score (nSPS) is 38.9. The lowest BCUT2D eigenvalue weighted by Gasteiger charge is -2.47. The molecule has 3 rings (SSSR count). The minimum Gasteiger partial charge on any atom is -0.454 e. The molecule has 3 heterocycles. The number of aliphatic hydroxyl groups is 4. The maximum absolute atomic E-state index is 14.0. The molecule has 0 spiro atoms. The predicted molar refractivity (Wildman–Crippen MR) is 194 cm³/mol. The highest BCUT2D eigenvalue weighted by Gasteiger charge is 2.56. The average Bonchev–Trinajstić information content (AvgIpc) is 3.11. The third-order valence-corrected chi connectivity index (χ3v) is 10.8. The molecule has 0 aromatic rings. The number of oxime groups is 1. The quantitative estimate of drug-likeness (QED) is 0.0745. The number of piperidine rings is 1. The summed E-state index contributed by atoms with van der Waals surface area (Å²) in [7, 11) is 3.05. The molecule has 0 radical (unpaired) electrons. The number of cyclic esters (lactones) is 1. The number of amides is 1. The van der Waals surface area contributed by atoms with Crippen LogP contribution in [0, 0.1) is 23.7 Å². The molecule has 300 valence electrons. The second-order valence-corrected chi connectivity index (χ2v) is 14.8. The summed E-state index contributed by atoms with van der Waals surface area (Å²) in [5.41, 5.74) is 1.23. The van der Waals surface area contributed by atoms with Gasteiger partial charge in [0.1, 0.15) is 24.9 Å². The van der Waals surface area contributed by atoms with E-state index < -0.39 is 77.9 Å². The van der Waals surface area contributed by atoms with Crippen molar-refractivity contribution in [2.24, 2.45) is 28.8 Å². The molecule has 2 saturated heterocycles. The second kappa shape index (κ2) is 20.8. The average molecular weight is 743 g/mol. The largest absolute Gasteiger partial charge is 0.454 e. The zero-order chi connectivity index (χ0) is 38.0. The number of carbonyl (C=O) groups is 3. The highest BCUT2D eigenvalue weighted by Crippen LogP contribution is 2.39. The van der Waals surface area contributed by atoms with Gasteiger partial charge in [0.25, 0.3) is 11.7 Å². The van der Waals surface area contributed by atoms with Crippen molar-refractivity contribution in [2.75, 3.05) is 34.0 Å². The molecule has 14 nitrogen and oxygen atoms in total. The number of esters is 1. The van der Waals surface area contributed by atoms with Crippen molar-refractivity contribution < 1.29 is 58.6 Å². The molecular formula is C38H66N2O12. The number of aliphatic hydroxyl groups excluding tert-OH is 3. The third kappa shape index (κ3) is 11.0. The van der Waals surface area contributed by atoms with E-state index in [9.17, 15) is 34.8 Å². The number of rotatable bonds is 7. The molecule has 3 aliphatic heterocycles. The van der Waals surface area contributed by atoms with Crippen molar-refractivity contribution in [3.63, 3.8) is 0 Å². The van der Waals surface area contributed by atoms with Crippen LogP contribution in [0.5, 0.6) is 0 Å². The Hall–Kier alpha value is -2.46. The molecule has 1 amide bonds. The number of Topliss-reactive ketones (excluding diaryl/α,β-unsaturated/α-hetero) is 1. The number of ketones is 1. The van der Waals surface area contributed by atoms with Gasteiger partial charge in [-0.3, -0.25) is 9.59 Å². The summed E-state index contributed by atoms with van der Waals surface area (Å²) in [6.45, 7) is 10.5. The Bertz CT molecular complexity index is 1230. The van der Waals surface area contributed by atoms with Gasteiger partial charge in [0, 0.05) is 44.9 Å². The number of hydrogen-bond donors (Lipinski definition) is 4. The Morgan fingerprint density at radius 1 is 1.04 bits per heavy atom. The van der Waals surface area contributed by atoms with Crippen LogP contribution in [0.3, 0.4) is 0 Å². The first-order valence-electron chi connectivity index (χ1n) is 18.5. The van der Waals surface area contributed by atoms with E-state index in [0.29, 0.717) is 32.1 Å². The van der Waals surface area contributed by atoms with Crippen LogP contribution < -0.4 is 0 Å². The molecule has 14 heteroatoms. The molecule has 3 aliphatic rings. The molecule has 0 unspecified atom stereocenters. The number of ether oxygens (including phenoxy) is 4. The molecule has 0 saturated carbocycles. The Morgan fingerprint density at radius 2 is 1.69 bits per heavy atom. The summed E-state index contributed by atoms with van der Waals surface area (Å²) in [5, 5.41) is 47.8. The fraction of sp³-hybridized carbons (Fsp3) is 0.842. The van der Waals surface area contributed by atoms with E-state index in [1.54, 1.807) is 20.8 Å². The molecule has 12 atom stereocenters. The van der Waals surface area contributed by atoms with E-state index in [0.717, 1.165) is 10.5 Å². The molecule has 2 fully saturated rings. The molecule has 0 aliphatic carbocycles. The maximum Gasteiger partial charge on any atom is 0.329 e. The van der Waals surface area contributed by atoms with E-state index in [1.165, 1.54) is 14.2 Å². The van der Waals surface area contributed by atoms with Crippen LogP contribution in [0.2, 0.25) is 0 Å². The molecule has 52 heavy (non-hydrogen) atoms. The van der Waals surface area contributed by atoms with Gasteiger partial charge in [-0.25, -0.2) is 4.79 Å². The lowest BCUT2D eigenvalue weighted by atomic mass is 9.82. The number of allylic oxidation sites excluding steroid dienone is 1. The van der Waals surface area contributed by atoms with E-state index >= 15 is 0 Å². The molecule has 0 aromatic heterocycles. The monoisotopic (exact) mass is 742 g/mol. The number of nitrogens with zero attached hydrogens (tertiary/aromatic N) is 2. The van der Waals surface area contributed by atoms with Crippen LogP contribution in [-0.4, -0.2) is 131 Å². The van der Waals surface area contributed by atoms with Crippen molar-refractivity contribution in [1.82, 2.24) is 4.90 Å². The number of hydrogen-bond acceptors (Lipinski definition) is 13. The lowest BCUT2D eigenvalue weighted by molar-refractivity contribution is -0.302. The van der Waals surface area contributed by atoms with Crippen molar-refractivity contribution in [2.45, 2.75) is 149 Å². The lowest BCUT2D eigenvalue weighted by Crippen LogP contribution is -2.64. The van der Waals surface area contributed by atoms with Crippen molar-refractivity contribution >= 4 is 23.4 Å². The van der Waals surface area contributed by atoms with Gasteiger partial charge in [-0.1, -0.05) is 51.9 Å². The van der Waals surface area contributed by atoms with Crippen molar-refractivity contribution in [3.8, 4) is 0 Å². The molecule has 0 aromatic carbocycles. The number of methoxy groups -OCH3 is 2. The van der Waals surface area contributed by atoms with E-state index in [1.807, 2.05) is 19.9 Å². The Morgan fingerprint density at radius 3 is 2.31 bits per heavy atom. The summed E-state index contributed by atoms with van der Waals surface area (Å²) in [6.07, 6.45) is 0.0808. The Balaban J connectivity index is 0.00000936. The summed E-state index contributed by atoms with van der Waals surface area (Å²) in [6, 6.07) is -1.16. The topological polar surface area (TPSA) is 194 Å². The third-order valence-electron chi connectivity index (χ3n) is 10.8. The van der Waals surface area contributed by atoms with Crippen LogP contribution in [0.4, 0.5) is 0 Å². The maximum atomic E-state index is 14.0. The minimum absolute atomic E-state index is 0. The van der Waals surface area contributed by atoms with Crippen molar-refractivity contribution in [1.29, 1.82) is 0 Å². The highest BCUT2D eigenvalue weighted by molar-refractivity contribution is 6.39. The van der Waals surface area contributed by atoms with E-state index in [-0.39, 0.29) is 64.0 Å². The van der Waals surface area contributed by atoms with Gasteiger partial charge in [-0.05, 0) is 64.7 Å². The first-order valence-corrected chi connectivity index (χ1v) is 18.5. The predicted octanol–water partition coefficient (Wildman–Crippen LogP) is 3.16. The summed E-state index contributed by atoms with van der Waals surface area (Å²) in [5.74, 6) is -7.38. The summed E-state index contributed by atoms with van der Waals surface area (Å²) < 4.78 is 23.8. The first-order chi connectivity index (χ1) is 24.1. The minimum atomic E-state index is -2.50. The van der Waals surface area contributed by atoms with Crippen LogP contribution in [-0.2, 0) is 38.2 Å². The van der Waals surface area contributed by atoms with Gasteiger partial charge in [0.05, 0.1) is 36.7 Å². The highest BCUT2D eigenvalue weighted by atomic mass is 16.7. The van der Waals surface area contributed by atoms with Crippen LogP contribution in [0.25, 0.3) is 0 Å². The Labute approximate surface area is 309 Å². The van der Waals surface area contributed by atoms with Gasteiger partial charge in [-0.15, -0.1) is 0 Å². The SMILES string of the molecule is C.CC[C@@H]1/C=C(\C)C[C@H](C)C[C@H](OC)[C@H]2O[C@@](O)(C(=O)C(=O)N3CCCC[C@H]3C(=O)O[C@H](/C(C)=N/OCCO)[C@H](C)[C@@H](O)C[C@H]1O)[C@H](C)C[C@@H]2OC. The van der Waals surface area contributed by atoms with Crippen LogP contribution >= 0.6 is 0 Å². The van der Waals surface area contributed by atoms with Gasteiger partial charge in [-0.2, -0.15) is 0 Å².